The monoisotopic (exact) mass is 491 g/mol. The van der Waals surface area contributed by atoms with Gasteiger partial charge in [0, 0.05) is 36.1 Å². The highest BCUT2D eigenvalue weighted by molar-refractivity contribution is 7.80. The van der Waals surface area contributed by atoms with Crippen LogP contribution in [0.15, 0.2) is 30.3 Å². The summed E-state index contributed by atoms with van der Waals surface area (Å²) in [5.74, 6) is 2.53. The first-order chi connectivity index (χ1) is 15.3. The first-order valence-corrected chi connectivity index (χ1v) is 12.6. The Bertz CT molecular complexity index is 953. The van der Waals surface area contributed by atoms with Crippen molar-refractivity contribution >= 4 is 52.3 Å². The molecule has 1 aliphatic heterocycles. The molecule has 1 saturated carbocycles. The first kappa shape index (κ1) is 23.5. The maximum absolute atomic E-state index is 6.33. The van der Waals surface area contributed by atoms with Crippen molar-refractivity contribution in [1.82, 2.24) is 15.3 Å². The third kappa shape index (κ3) is 5.64. The van der Waals surface area contributed by atoms with Gasteiger partial charge in [0.05, 0.1) is 0 Å². The summed E-state index contributed by atoms with van der Waals surface area (Å²) >= 11 is 18.2. The lowest BCUT2D eigenvalue weighted by Gasteiger charge is -2.35. The minimum atomic E-state index is 0.0388. The van der Waals surface area contributed by atoms with Crippen LogP contribution < -0.4 is 15.5 Å². The van der Waals surface area contributed by atoms with Crippen LogP contribution in [0, 0.1) is 11.8 Å². The second-order valence-electron chi connectivity index (χ2n) is 9.53. The Morgan fingerprint density at radius 3 is 2.53 bits per heavy atom. The molecule has 0 spiro atoms. The molecule has 1 aliphatic carbocycles. The molecule has 4 rings (SSSR count). The molecule has 172 valence electrons. The van der Waals surface area contributed by atoms with Crippen LogP contribution in [0.4, 0.5) is 11.8 Å². The molecule has 8 heteroatoms. The van der Waals surface area contributed by atoms with E-state index in [2.05, 4.69) is 46.5 Å². The van der Waals surface area contributed by atoms with Gasteiger partial charge in [-0.2, -0.15) is 4.98 Å². The Morgan fingerprint density at radius 1 is 1.12 bits per heavy atom. The van der Waals surface area contributed by atoms with Crippen molar-refractivity contribution in [3.05, 3.63) is 46.1 Å². The lowest BCUT2D eigenvalue weighted by molar-refractivity contribution is 0.355. The smallest absolute Gasteiger partial charge is 0.232 e. The number of hydrogen-bond donors (Lipinski definition) is 2. The van der Waals surface area contributed by atoms with Gasteiger partial charge in [0.1, 0.15) is 11.0 Å². The molecule has 1 aromatic carbocycles. The summed E-state index contributed by atoms with van der Waals surface area (Å²) in [7, 11) is 0. The van der Waals surface area contributed by atoms with Gasteiger partial charge in [-0.3, -0.25) is 0 Å². The Kier molecular flexibility index (Phi) is 7.43. The summed E-state index contributed by atoms with van der Waals surface area (Å²) in [5.41, 5.74) is 1.31. The van der Waals surface area contributed by atoms with Crippen molar-refractivity contribution in [2.45, 2.75) is 51.4 Å². The van der Waals surface area contributed by atoms with Gasteiger partial charge in [0.15, 0.2) is 5.11 Å². The summed E-state index contributed by atoms with van der Waals surface area (Å²) in [5, 5.41) is 8.25. The molecule has 2 aromatic rings. The van der Waals surface area contributed by atoms with Gasteiger partial charge >= 0.3 is 0 Å². The van der Waals surface area contributed by atoms with Crippen LogP contribution in [0.25, 0.3) is 0 Å². The molecule has 1 aromatic heterocycles. The maximum Gasteiger partial charge on any atom is 0.232 e. The predicted molar refractivity (Wildman–Crippen MR) is 138 cm³/mol. The number of thiocarbonyl (C=S) groups is 1. The quantitative estimate of drug-likeness (QED) is 0.391. The van der Waals surface area contributed by atoms with E-state index < -0.39 is 0 Å². The zero-order valence-corrected chi connectivity index (χ0v) is 21.0. The molecule has 0 bridgehead atoms. The molecule has 2 unspecified atom stereocenters. The van der Waals surface area contributed by atoms with Crippen molar-refractivity contribution in [2.75, 3.05) is 29.9 Å². The topological polar surface area (TPSA) is 53.1 Å². The third-order valence-electron chi connectivity index (χ3n) is 6.68. The van der Waals surface area contributed by atoms with Gasteiger partial charge in [0.25, 0.3) is 0 Å². The summed E-state index contributed by atoms with van der Waals surface area (Å²) in [6, 6.07) is 10.0. The molecule has 0 radical (unpaired) electrons. The Labute approximate surface area is 206 Å². The number of aromatic nitrogens is 2. The van der Waals surface area contributed by atoms with Crippen LogP contribution in [0.1, 0.15) is 51.5 Å². The van der Waals surface area contributed by atoms with E-state index in [1.54, 1.807) is 0 Å². The number of hydrogen-bond acceptors (Lipinski definition) is 4. The van der Waals surface area contributed by atoms with Gasteiger partial charge in [-0.15, -0.1) is 0 Å². The van der Waals surface area contributed by atoms with Crippen molar-refractivity contribution in [2.24, 2.45) is 11.8 Å². The maximum atomic E-state index is 6.33. The molecular formula is C24H31Cl2N5S. The summed E-state index contributed by atoms with van der Waals surface area (Å²) in [6.07, 6.45) is 5.89. The molecule has 1 saturated heterocycles. The minimum absolute atomic E-state index is 0.0388. The fourth-order valence-corrected chi connectivity index (χ4v) is 5.84. The van der Waals surface area contributed by atoms with Gasteiger partial charge in [-0.05, 0) is 61.0 Å². The van der Waals surface area contributed by atoms with Crippen LogP contribution in [0.3, 0.4) is 0 Å². The molecule has 2 atom stereocenters. The van der Waals surface area contributed by atoms with Gasteiger partial charge in [-0.25, -0.2) is 4.98 Å². The van der Waals surface area contributed by atoms with Crippen LogP contribution in [0.2, 0.25) is 10.2 Å². The number of halogens is 2. The van der Waals surface area contributed by atoms with E-state index in [-0.39, 0.29) is 5.41 Å². The van der Waals surface area contributed by atoms with Crippen LogP contribution in [-0.2, 0) is 5.41 Å². The van der Waals surface area contributed by atoms with Crippen molar-refractivity contribution < 1.29 is 0 Å². The van der Waals surface area contributed by atoms with Crippen molar-refractivity contribution in [1.29, 1.82) is 0 Å². The van der Waals surface area contributed by atoms with Crippen LogP contribution in [-0.4, -0.2) is 34.7 Å². The summed E-state index contributed by atoms with van der Waals surface area (Å²) in [4.78, 5) is 11.3. The molecule has 32 heavy (non-hydrogen) atoms. The van der Waals surface area contributed by atoms with E-state index in [0.29, 0.717) is 28.0 Å². The second-order valence-corrected chi connectivity index (χ2v) is 10.8. The normalized spacial score (nSPS) is 22.6. The number of nitrogens with zero attached hydrogens (tertiary/aromatic N) is 3. The highest BCUT2D eigenvalue weighted by Gasteiger charge is 2.35. The zero-order chi connectivity index (χ0) is 22.7. The molecule has 2 fully saturated rings. The van der Waals surface area contributed by atoms with E-state index >= 15 is 0 Å². The van der Waals surface area contributed by atoms with Gasteiger partial charge in [0.2, 0.25) is 5.95 Å². The molecule has 0 amide bonds. The highest BCUT2D eigenvalue weighted by Crippen LogP contribution is 2.41. The average molecular weight is 493 g/mol. The van der Waals surface area contributed by atoms with E-state index in [1.807, 2.05) is 18.2 Å². The summed E-state index contributed by atoms with van der Waals surface area (Å²) < 4.78 is 0. The number of nitrogens with one attached hydrogen (secondary N) is 2. The fraction of sp³-hybridized carbons (Fsp3) is 0.542. The largest absolute Gasteiger partial charge is 0.361 e. The molecule has 2 N–H and O–H groups in total. The minimum Gasteiger partial charge on any atom is -0.361 e. The first-order valence-electron chi connectivity index (χ1n) is 11.4. The van der Waals surface area contributed by atoms with Crippen molar-refractivity contribution in [3.63, 3.8) is 0 Å². The lowest BCUT2D eigenvalue weighted by atomic mass is 9.79. The van der Waals surface area contributed by atoms with E-state index in [1.165, 1.54) is 24.8 Å². The molecular weight excluding hydrogens is 461 g/mol. The van der Waals surface area contributed by atoms with Crippen molar-refractivity contribution in [3.8, 4) is 0 Å². The number of piperidine rings is 1. The van der Waals surface area contributed by atoms with E-state index in [0.717, 1.165) is 43.3 Å². The summed E-state index contributed by atoms with van der Waals surface area (Å²) in [6.45, 7) is 7.25. The number of benzene rings is 1. The number of rotatable bonds is 5. The highest BCUT2D eigenvalue weighted by atomic mass is 35.5. The van der Waals surface area contributed by atoms with E-state index in [9.17, 15) is 0 Å². The fourth-order valence-electron chi connectivity index (χ4n) is 5.31. The Hall–Kier alpha value is -1.63. The third-order valence-corrected chi connectivity index (χ3v) is 7.36. The molecule has 2 aliphatic rings. The van der Waals surface area contributed by atoms with E-state index in [4.69, 9.17) is 40.4 Å². The molecule has 2 heterocycles. The SMILES string of the molecule is CC1CC(C)CN(c2cc(Cl)nc(NC(=S)NCC3(c4cccc(Cl)c4)CCCC3)n2)C1. The van der Waals surface area contributed by atoms with Crippen LogP contribution in [0.5, 0.6) is 0 Å². The predicted octanol–water partition coefficient (Wildman–Crippen LogP) is 6.06. The zero-order valence-electron chi connectivity index (χ0n) is 18.7. The second kappa shape index (κ2) is 10.1. The van der Waals surface area contributed by atoms with Gasteiger partial charge < -0.3 is 15.5 Å². The number of anilines is 2. The molecule has 5 nitrogen and oxygen atoms in total. The van der Waals surface area contributed by atoms with Gasteiger partial charge in [-0.1, -0.05) is 62.0 Å². The average Bonchev–Trinajstić information content (AvgIpc) is 3.21. The Balaban J connectivity index is 1.43. The Morgan fingerprint density at radius 2 is 1.84 bits per heavy atom. The standard InChI is InChI=1S/C24H31Cl2N5S/c1-16-10-17(2)14-31(13-16)21-12-20(26)28-22(29-21)30-23(32)27-15-24(8-3-4-9-24)18-6-5-7-19(25)11-18/h5-7,11-12,16-17H,3-4,8-10,13-15H2,1-2H3,(H2,27,28,29,30,32). The van der Waals surface area contributed by atoms with Crippen LogP contribution >= 0.6 is 35.4 Å². The lowest BCUT2D eigenvalue weighted by Crippen LogP contribution is -2.41.